The predicted molar refractivity (Wildman–Crippen MR) is 51.2 cm³/mol. The number of aromatic amines is 1. The van der Waals surface area contributed by atoms with E-state index in [9.17, 15) is 0 Å². The van der Waals surface area contributed by atoms with E-state index in [-0.39, 0.29) is 0 Å². The number of rotatable bonds is 3. The minimum absolute atomic E-state index is 0.582. The Morgan fingerprint density at radius 1 is 1.50 bits per heavy atom. The van der Waals surface area contributed by atoms with Crippen LogP contribution in [0.2, 0.25) is 0 Å². The molecule has 2 heteroatoms. The quantitative estimate of drug-likeness (QED) is 0.735. The van der Waals surface area contributed by atoms with Crippen LogP contribution in [0.4, 0.5) is 0 Å². The predicted octanol–water partition coefficient (Wildman–Crippen LogP) is 2.87. The lowest BCUT2D eigenvalue weighted by atomic mass is 9.93. The maximum absolute atomic E-state index is 4.35. The lowest BCUT2D eigenvalue weighted by molar-refractivity contribution is 0.466. The lowest BCUT2D eigenvalue weighted by Gasteiger charge is -2.15. The second kappa shape index (κ2) is 3.74. The van der Waals surface area contributed by atoms with Gasteiger partial charge in [-0.15, -0.1) is 0 Å². The third-order valence-corrected chi connectivity index (χ3v) is 2.32. The van der Waals surface area contributed by atoms with Crippen molar-refractivity contribution in [2.75, 3.05) is 0 Å². The Morgan fingerprint density at radius 3 is 2.50 bits per heavy atom. The van der Waals surface area contributed by atoms with E-state index in [4.69, 9.17) is 0 Å². The van der Waals surface area contributed by atoms with Crippen LogP contribution in [0.5, 0.6) is 0 Å². The summed E-state index contributed by atoms with van der Waals surface area (Å²) in [5, 5.41) is 0. The van der Waals surface area contributed by atoms with Gasteiger partial charge in [-0.1, -0.05) is 20.8 Å². The van der Waals surface area contributed by atoms with E-state index in [2.05, 4.69) is 30.7 Å². The van der Waals surface area contributed by atoms with Gasteiger partial charge < -0.3 is 4.98 Å². The number of hydrogen-bond acceptors (Lipinski definition) is 1. The smallest absolute Gasteiger partial charge is 0.109 e. The third-order valence-electron chi connectivity index (χ3n) is 2.32. The van der Waals surface area contributed by atoms with E-state index in [1.807, 2.05) is 13.1 Å². The number of nitrogens with one attached hydrogen (secondary N) is 1. The number of aryl methyl sites for hydroxylation is 1. The zero-order valence-electron chi connectivity index (χ0n) is 8.39. The van der Waals surface area contributed by atoms with Gasteiger partial charge in [0.25, 0.3) is 0 Å². The first-order valence-electron chi connectivity index (χ1n) is 4.66. The van der Waals surface area contributed by atoms with Gasteiger partial charge in [-0.3, -0.25) is 0 Å². The maximum Gasteiger partial charge on any atom is 0.109 e. The molecule has 0 saturated carbocycles. The second-order valence-electron chi connectivity index (χ2n) is 3.71. The van der Waals surface area contributed by atoms with Gasteiger partial charge in [0.2, 0.25) is 0 Å². The number of hydrogen-bond donors (Lipinski definition) is 1. The average Bonchev–Trinajstić information content (AvgIpc) is 2.37. The van der Waals surface area contributed by atoms with Gasteiger partial charge in [0.15, 0.2) is 0 Å². The van der Waals surface area contributed by atoms with Crippen molar-refractivity contribution in [3.05, 3.63) is 17.7 Å². The Hall–Kier alpha value is -0.790. The molecule has 0 unspecified atom stereocenters. The Bertz CT molecular complexity index is 238. The molecule has 1 heterocycles. The van der Waals surface area contributed by atoms with Gasteiger partial charge in [-0.25, -0.2) is 4.98 Å². The third kappa shape index (κ3) is 1.87. The summed E-state index contributed by atoms with van der Waals surface area (Å²) < 4.78 is 0. The van der Waals surface area contributed by atoms with Crippen molar-refractivity contribution in [2.24, 2.45) is 5.92 Å². The molecule has 68 valence electrons. The van der Waals surface area contributed by atoms with Crippen LogP contribution in [0, 0.1) is 12.8 Å². The molecule has 1 N–H and O–H groups in total. The number of imidazole rings is 1. The highest BCUT2D eigenvalue weighted by Crippen LogP contribution is 2.24. The van der Waals surface area contributed by atoms with E-state index in [0.717, 1.165) is 17.9 Å². The van der Waals surface area contributed by atoms with Crippen molar-refractivity contribution in [2.45, 2.75) is 40.0 Å². The molecular formula is C10H18N2. The Balaban J connectivity index is 2.80. The SMILES string of the molecule is CC[C@H](c1ncc(C)[nH]1)C(C)C. The Morgan fingerprint density at radius 2 is 2.17 bits per heavy atom. The highest BCUT2D eigenvalue weighted by molar-refractivity contribution is 5.04. The van der Waals surface area contributed by atoms with Gasteiger partial charge in [-0.05, 0) is 19.3 Å². The second-order valence-corrected chi connectivity index (χ2v) is 3.71. The van der Waals surface area contributed by atoms with Crippen molar-refractivity contribution >= 4 is 0 Å². The van der Waals surface area contributed by atoms with Gasteiger partial charge >= 0.3 is 0 Å². The fourth-order valence-corrected chi connectivity index (χ4v) is 1.60. The fraction of sp³-hybridized carbons (Fsp3) is 0.700. The van der Waals surface area contributed by atoms with Gasteiger partial charge in [0.05, 0.1) is 0 Å². The van der Waals surface area contributed by atoms with E-state index < -0.39 is 0 Å². The molecule has 0 spiro atoms. The first-order valence-corrected chi connectivity index (χ1v) is 4.66. The first kappa shape index (κ1) is 9.30. The molecule has 12 heavy (non-hydrogen) atoms. The van der Waals surface area contributed by atoms with E-state index in [1.54, 1.807) is 0 Å². The van der Waals surface area contributed by atoms with E-state index in [1.165, 1.54) is 0 Å². The monoisotopic (exact) mass is 166 g/mol. The van der Waals surface area contributed by atoms with Crippen LogP contribution in [-0.4, -0.2) is 9.97 Å². The van der Waals surface area contributed by atoms with Crippen LogP contribution >= 0.6 is 0 Å². The van der Waals surface area contributed by atoms with Crippen molar-refractivity contribution in [1.82, 2.24) is 9.97 Å². The van der Waals surface area contributed by atoms with E-state index >= 15 is 0 Å². The number of nitrogens with zero attached hydrogens (tertiary/aromatic N) is 1. The van der Waals surface area contributed by atoms with Gasteiger partial charge in [0.1, 0.15) is 5.82 Å². The summed E-state index contributed by atoms with van der Waals surface area (Å²) in [6.45, 7) is 8.74. The highest BCUT2D eigenvalue weighted by Gasteiger charge is 2.15. The zero-order valence-corrected chi connectivity index (χ0v) is 8.39. The molecule has 0 aliphatic rings. The summed E-state index contributed by atoms with van der Waals surface area (Å²) in [5.74, 6) is 2.39. The molecule has 0 saturated heterocycles. The summed E-state index contributed by atoms with van der Waals surface area (Å²) in [7, 11) is 0. The Labute approximate surface area is 74.4 Å². The molecule has 1 atom stereocenters. The van der Waals surface area contributed by atoms with Crippen molar-refractivity contribution in [3.8, 4) is 0 Å². The topological polar surface area (TPSA) is 28.7 Å². The number of H-pyrrole nitrogens is 1. The molecule has 0 aliphatic carbocycles. The van der Waals surface area contributed by atoms with Gasteiger partial charge in [0, 0.05) is 17.8 Å². The molecule has 0 bridgehead atoms. The first-order chi connectivity index (χ1) is 5.65. The molecular weight excluding hydrogens is 148 g/mol. The van der Waals surface area contributed by atoms with E-state index in [0.29, 0.717) is 11.8 Å². The molecule has 0 fully saturated rings. The minimum Gasteiger partial charge on any atom is -0.346 e. The molecule has 1 aromatic rings. The summed E-state index contributed by atoms with van der Waals surface area (Å²) in [6, 6.07) is 0. The summed E-state index contributed by atoms with van der Waals surface area (Å²) in [6.07, 6.45) is 3.06. The maximum atomic E-state index is 4.35. The fourth-order valence-electron chi connectivity index (χ4n) is 1.60. The molecule has 1 rings (SSSR count). The average molecular weight is 166 g/mol. The lowest BCUT2D eigenvalue weighted by Crippen LogP contribution is -2.07. The zero-order chi connectivity index (χ0) is 9.14. The van der Waals surface area contributed by atoms with Crippen LogP contribution in [0.15, 0.2) is 6.20 Å². The van der Waals surface area contributed by atoms with Crippen LogP contribution < -0.4 is 0 Å². The van der Waals surface area contributed by atoms with Crippen molar-refractivity contribution in [3.63, 3.8) is 0 Å². The summed E-state index contributed by atoms with van der Waals surface area (Å²) in [5.41, 5.74) is 1.16. The van der Waals surface area contributed by atoms with Gasteiger partial charge in [-0.2, -0.15) is 0 Å². The minimum atomic E-state index is 0.582. The van der Waals surface area contributed by atoms with Crippen LogP contribution in [0.1, 0.15) is 44.6 Å². The van der Waals surface area contributed by atoms with Crippen LogP contribution in [-0.2, 0) is 0 Å². The molecule has 2 nitrogen and oxygen atoms in total. The summed E-state index contributed by atoms with van der Waals surface area (Å²) >= 11 is 0. The molecule has 0 radical (unpaired) electrons. The molecule has 0 amide bonds. The normalized spacial score (nSPS) is 13.8. The molecule has 1 aromatic heterocycles. The largest absolute Gasteiger partial charge is 0.346 e. The summed E-state index contributed by atoms with van der Waals surface area (Å²) in [4.78, 5) is 7.65. The standard InChI is InChI=1S/C10H18N2/c1-5-9(7(2)3)10-11-6-8(4)12-10/h6-7,9H,5H2,1-4H3,(H,11,12)/t9-/m0/s1. The highest BCUT2D eigenvalue weighted by atomic mass is 14.9. The molecule has 0 aliphatic heterocycles. The van der Waals surface area contributed by atoms with Crippen molar-refractivity contribution < 1.29 is 0 Å². The van der Waals surface area contributed by atoms with Crippen LogP contribution in [0.25, 0.3) is 0 Å². The Kier molecular flexibility index (Phi) is 2.90. The van der Waals surface area contributed by atoms with Crippen molar-refractivity contribution in [1.29, 1.82) is 0 Å². The van der Waals surface area contributed by atoms with Crippen LogP contribution in [0.3, 0.4) is 0 Å². The number of aromatic nitrogens is 2. The molecule has 0 aromatic carbocycles.